The van der Waals surface area contributed by atoms with Crippen LogP contribution in [0.15, 0.2) is 24.3 Å². The number of benzene rings is 2. The summed E-state index contributed by atoms with van der Waals surface area (Å²) < 4.78 is 0. The Morgan fingerprint density at radius 2 is 1.03 bits per heavy atom. The van der Waals surface area contributed by atoms with Crippen LogP contribution in [0.1, 0.15) is 115 Å². The Morgan fingerprint density at radius 1 is 0.594 bits per heavy atom. The molecule has 0 amide bonds. The van der Waals surface area contributed by atoms with Crippen LogP contribution in [0.4, 0.5) is 0 Å². The molecule has 0 N–H and O–H groups in total. The molecule has 0 atom stereocenters. The Morgan fingerprint density at radius 3 is 1.50 bits per heavy atom. The van der Waals surface area contributed by atoms with Crippen LogP contribution in [0.5, 0.6) is 0 Å². The Bertz CT molecular complexity index is 775. The summed E-state index contributed by atoms with van der Waals surface area (Å²) in [7, 11) is 0. The smallest absolute Gasteiger partial charge is 0.0186 e. The number of rotatable bonds is 14. The Kier molecular flexibility index (Phi) is 11.9. The number of thioether (sulfide) groups is 1. The lowest BCUT2D eigenvalue weighted by atomic mass is 9.83. The van der Waals surface area contributed by atoms with E-state index >= 15 is 0 Å². The summed E-state index contributed by atoms with van der Waals surface area (Å²) in [6, 6.07) is 9.56. The van der Waals surface area contributed by atoms with Crippen LogP contribution in [0.2, 0.25) is 0 Å². The van der Waals surface area contributed by atoms with Crippen LogP contribution in [-0.4, -0.2) is 11.5 Å². The first-order valence-corrected chi connectivity index (χ1v) is 14.2. The van der Waals surface area contributed by atoms with Crippen LogP contribution >= 0.6 is 11.8 Å². The molecule has 0 fully saturated rings. The lowest BCUT2D eigenvalue weighted by molar-refractivity contribution is 0.573. The van der Waals surface area contributed by atoms with Gasteiger partial charge in [0.25, 0.3) is 0 Å². The lowest BCUT2D eigenvalue weighted by Gasteiger charge is -2.25. The van der Waals surface area contributed by atoms with Crippen molar-refractivity contribution in [3.63, 3.8) is 0 Å². The number of unbranched alkanes of at least 4 members (excludes halogenated alkanes) is 8. The summed E-state index contributed by atoms with van der Waals surface area (Å²) in [6.07, 6.45) is 12.7. The highest BCUT2D eigenvalue weighted by Gasteiger charge is 2.20. The molecule has 2 aromatic carbocycles. The molecule has 0 aliphatic carbocycles. The average molecular weight is 453 g/mol. The minimum absolute atomic E-state index is 0.482. The predicted molar refractivity (Wildman–Crippen MR) is 148 cm³/mol. The van der Waals surface area contributed by atoms with Crippen LogP contribution in [0.25, 0.3) is 0 Å². The van der Waals surface area contributed by atoms with E-state index in [9.17, 15) is 0 Å². The van der Waals surface area contributed by atoms with E-state index in [1.165, 1.54) is 114 Å². The third-order valence-electron chi connectivity index (χ3n) is 7.13. The molecule has 0 heterocycles. The Hall–Kier alpha value is -1.21. The van der Waals surface area contributed by atoms with E-state index < -0.39 is 0 Å². The maximum Gasteiger partial charge on any atom is 0.0186 e. The van der Waals surface area contributed by atoms with Gasteiger partial charge in [-0.2, -0.15) is 11.8 Å². The van der Waals surface area contributed by atoms with E-state index in [0.29, 0.717) is 5.92 Å². The van der Waals surface area contributed by atoms with E-state index in [4.69, 9.17) is 0 Å². The topological polar surface area (TPSA) is 0 Å². The molecule has 0 unspecified atom stereocenters. The minimum atomic E-state index is 0.482. The van der Waals surface area contributed by atoms with Crippen molar-refractivity contribution in [2.24, 2.45) is 0 Å². The van der Waals surface area contributed by atoms with Crippen molar-refractivity contribution in [1.82, 2.24) is 0 Å². The molecule has 1 heteroatoms. The highest BCUT2D eigenvalue weighted by molar-refractivity contribution is 7.99. The van der Waals surface area contributed by atoms with Crippen molar-refractivity contribution in [3.05, 3.63) is 68.8 Å². The van der Waals surface area contributed by atoms with E-state index in [1.54, 1.807) is 0 Å². The molecule has 2 rings (SSSR count). The fourth-order valence-corrected chi connectivity index (χ4v) is 6.10. The molecule has 0 aromatic heterocycles. The maximum absolute atomic E-state index is 2.45. The minimum Gasteiger partial charge on any atom is -0.161 e. The molecule has 0 saturated carbocycles. The molecule has 0 spiro atoms. The molecular weight excluding hydrogens is 404 g/mol. The molecule has 178 valence electrons. The second-order valence-electron chi connectivity index (χ2n) is 10.0. The molecule has 0 radical (unpaired) electrons. The average Bonchev–Trinajstić information content (AvgIpc) is 2.74. The molecule has 0 bridgehead atoms. The van der Waals surface area contributed by atoms with Gasteiger partial charge in [-0.1, -0.05) is 93.7 Å². The molecule has 2 aromatic rings. The highest BCUT2D eigenvalue weighted by atomic mass is 32.2. The van der Waals surface area contributed by atoms with Crippen LogP contribution in [0, 0.1) is 41.5 Å². The van der Waals surface area contributed by atoms with Crippen LogP contribution in [-0.2, 0) is 0 Å². The fourth-order valence-electron chi connectivity index (χ4n) is 4.93. The van der Waals surface area contributed by atoms with Crippen LogP contribution < -0.4 is 0 Å². The van der Waals surface area contributed by atoms with Crippen molar-refractivity contribution in [2.45, 2.75) is 112 Å². The summed E-state index contributed by atoms with van der Waals surface area (Å²) in [5.74, 6) is 2.96. The first-order chi connectivity index (χ1) is 15.3. The van der Waals surface area contributed by atoms with Gasteiger partial charge >= 0.3 is 0 Å². The third-order valence-corrected chi connectivity index (χ3v) is 8.28. The summed E-state index contributed by atoms with van der Waals surface area (Å²) >= 11 is 2.17. The predicted octanol–water partition coefficient (Wildman–Crippen LogP) is 9.93. The van der Waals surface area contributed by atoms with E-state index in [-0.39, 0.29) is 0 Å². The van der Waals surface area contributed by atoms with Crippen molar-refractivity contribution in [1.29, 1.82) is 0 Å². The highest BCUT2D eigenvalue weighted by Crippen LogP contribution is 2.36. The van der Waals surface area contributed by atoms with Gasteiger partial charge in [0.1, 0.15) is 0 Å². The molecule has 0 aliphatic rings. The largest absolute Gasteiger partial charge is 0.161 e. The second-order valence-corrected chi connectivity index (χ2v) is 11.2. The zero-order valence-corrected chi connectivity index (χ0v) is 22.9. The second kappa shape index (κ2) is 14.1. The molecule has 0 aliphatic heterocycles. The zero-order valence-electron chi connectivity index (χ0n) is 22.1. The van der Waals surface area contributed by atoms with Gasteiger partial charge in [-0.3, -0.25) is 0 Å². The van der Waals surface area contributed by atoms with Gasteiger partial charge in [0.15, 0.2) is 0 Å². The molecule has 0 saturated heterocycles. The Labute approximate surface area is 204 Å². The first-order valence-electron chi connectivity index (χ1n) is 13.1. The number of hydrogen-bond acceptors (Lipinski definition) is 1. The van der Waals surface area contributed by atoms with Gasteiger partial charge in [0, 0.05) is 11.7 Å². The zero-order chi connectivity index (χ0) is 23.5. The molecule has 32 heavy (non-hydrogen) atoms. The summed E-state index contributed by atoms with van der Waals surface area (Å²) in [5.41, 5.74) is 11.7. The van der Waals surface area contributed by atoms with Gasteiger partial charge in [0.2, 0.25) is 0 Å². The van der Waals surface area contributed by atoms with E-state index in [1.807, 2.05) is 0 Å². The number of hydrogen-bond donors (Lipinski definition) is 0. The SMILES string of the molecule is CCCCCCCCCCCSCC(c1cc(C)cc(C)c1C)c1cc(C)cc(C)c1C. The van der Waals surface area contributed by atoms with Gasteiger partial charge in [-0.15, -0.1) is 0 Å². The quantitative estimate of drug-likeness (QED) is 0.257. The van der Waals surface area contributed by atoms with Crippen molar-refractivity contribution < 1.29 is 0 Å². The third kappa shape index (κ3) is 8.29. The number of aryl methyl sites for hydroxylation is 4. The van der Waals surface area contributed by atoms with Gasteiger partial charge in [-0.05, 0) is 87.1 Å². The van der Waals surface area contributed by atoms with Crippen LogP contribution in [0.3, 0.4) is 0 Å². The van der Waals surface area contributed by atoms with E-state index in [2.05, 4.69) is 84.5 Å². The first kappa shape index (κ1) is 27.0. The summed E-state index contributed by atoms with van der Waals surface area (Å²) in [5, 5.41) is 0. The monoisotopic (exact) mass is 452 g/mol. The summed E-state index contributed by atoms with van der Waals surface area (Å²) in [4.78, 5) is 0. The van der Waals surface area contributed by atoms with Crippen molar-refractivity contribution >= 4 is 11.8 Å². The fraction of sp³-hybridized carbons (Fsp3) is 0.613. The van der Waals surface area contributed by atoms with Gasteiger partial charge in [0.05, 0.1) is 0 Å². The molecule has 0 nitrogen and oxygen atoms in total. The van der Waals surface area contributed by atoms with Gasteiger partial charge < -0.3 is 0 Å². The standard InChI is InChI=1S/C31H48S/c1-8-9-10-11-12-13-14-15-16-17-32-22-31(29-20-23(2)18-25(4)27(29)6)30-21-24(3)19-26(5)28(30)7/h18-21,31H,8-17,22H2,1-7H3. The maximum atomic E-state index is 2.45. The Balaban J connectivity index is 1.99. The van der Waals surface area contributed by atoms with Crippen molar-refractivity contribution in [3.8, 4) is 0 Å². The normalized spacial score (nSPS) is 11.5. The van der Waals surface area contributed by atoms with Crippen molar-refractivity contribution in [2.75, 3.05) is 11.5 Å². The summed E-state index contributed by atoms with van der Waals surface area (Å²) in [6.45, 7) is 16.0. The molecular formula is C31H48S. The van der Waals surface area contributed by atoms with E-state index in [0.717, 1.165) is 0 Å². The van der Waals surface area contributed by atoms with Gasteiger partial charge in [-0.25, -0.2) is 0 Å². The lowest BCUT2D eigenvalue weighted by Crippen LogP contribution is -2.11.